The molecule has 0 aromatic rings. The molecule has 0 fully saturated rings. The SMILES string of the molecule is BC(=O)NC(C)(C)CC(C)(C)CNP(=O)(O)O. The van der Waals surface area contributed by atoms with Gasteiger partial charge in [-0.15, -0.1) is 0 Å². The average molecular weight is 264 g/mol. The molecule has 0 unspecified atom stereocenters. The van der Waals surface area contributed by atoms with Gasteiger partial charge in [-0.1, -0.05) is 13.8 Å². The summed E-state index contributed by atoms with van der Waals surface area (Å²) in [7, 11) is -2.75. The van der Waals surface area contributed by atoms with Crippen LogP contribution < -0.4 is 10.4 Å². The predicted octanol–water partition coefficient (Wildman–Crippen LogP) is 0.206. The summed E-state index contributed by atoms with van der Waals surface area (Å²) in [5.41, 5.74) is -0.751. The van der Waals surface area contributed by atoms with Crippen molar-refractivity contribution in [1.82, 2.24) is 10.4 Å². The molecule has 0 saturated carbocycles. The van der Waals surface area contributed by atoms with Gasteiger partial charge in [-0.25, -0.2) is 9.65 Å². The predicted molar refractivity (Wildman–Crippen MR) is 69.6 cm³/mol. The second-order valence-corrected chi connectivity index (χ2v) is 7.19. The zero-order valence-electron chi connectivity index (χ0n) is 11.1. The Hall–Kier alpha value is -0.355. The Morgan fingerprint density at radius 2 is 1.76 bits per heavy atom. The van der Waals surface area contributed by atoms with E-state index in [9.17, 15) is 9.36 Å². The lowest BCUT2D eigenvalue weighted by Crippen LogP contribution is -2.47. The van der Waals surface area contributed by atoms with Gasteiger partial charge in [0.25, 0.3) is 0 Å². The highest BCUT2D eigenvalue weighted by Crippen LogP contribution is 2.33. The maximum atomic E-state index is 11.0. The Labute approximate surface area is 103 Å². The summed E-state index contributed by atoms with van der Waals surface area (Å²) in [4.78, 5) is 28.5. The number of hydrogen-bond acceptors (Lipinski definition) is 2. The first kappa shape index (κ1) is 16.6. The Morgan fingerprint density at radius 3 is 2.12 bits per heavy atom. The van der Waals surface area contributed by atoms with Crippen molar-refractivity contribution in [3.63, 3.8) is 0 Å². The zero-order valence-corrected chi connectivity index (χ0v) is 12.0. The Kier molecular flexibility index (Phi) is 5.41. The first-order valence-electron chi connectivity index (χ1n) is 5.42. The maximum Gasteiger partial charge on any atom is 0.400 e. The van der Waals surface area contributed by atoms with E-state index in [4.69, 9.17) is 9.79 Å². The van der Waals surface area contributed by atoms with Crippen LogP contribution in [-0.2, 0) is 4.57 Å². The minimum atomic E-state index is -4.19. The molecule has 0 atom stereocenters. The second kappa shape index (κ2) is 5.52. The summed E-state index contributed by atoms with van der Waals surface area (Å²) in [6.45, 7) is 7.72. The van der Waals surface area contributed by atoms with Gasteiger partial charge < -0.3 is 15.1 Å². The number of carbonyl (C=O) groups is 1. The third-order valence-corrected chi connectivity index (χ3v) is 2.77. The van der Waals surface area contributed by atoms with E-state index in [1.165, 1.54) is 7.85 Å². The molecule has 4 N–H and O–H groups in total. The molecule has 0 aliphatic heterocycles. The summed E-state index contributed by atoms with van der Waals surface area (Å²) in [5.74, 6) is -0.117. The van der Waals surface area contributed by atoms with E-state index >= 15 is 0 Å². The first-order valence-corrected chi connectivity index (χ1v) is 7.04. The molecule has 17 heavy (non-hydrogen) atoms. The van der Waals surface area contributed by atoms with Gasteiger partial charge in [0.2, 0.25) is 7.85 Å². The summed E-state index contributed by atoms with van der Waals surface area (Å²) in [5, 5.41) is 5.00. The minimum absolute atomic E-state index is 0.117. The molecule has 0 rings (SSSR count). The van der Waals surface area contributed by atoms with Gasteiger partial charge >= 0.3 is 7.75 Å². The van der Waals surface area contributed by atoms with Crippen molar-refractivity contribution in [3.05, 3.63) is 0 Å². The van der Waals surface area contributed by atoms with E-state index in [2.05, 4.69) is 10.4 Å². The normalized spacial score (nSPS) is 13.5. The van der Waals surface area contributed by atoms with Crippen LogP contribution in [0.15, 0.2) is 0 Å². The first-order chi connectivity index (χ1) is 7.33. The molecular formula is C9H22BN2O4P. The van der Waals surface area contributed by atoms with Crippen LogP contribution in [0.3, 0.4) is 0 Å². The lowest BCUT2D eigenvalue weighted by molar-refractivity contribution is 0.213. The number of carbonyl (C=O) groups excluding carboxylic acids is 1. The van der Waals surface area contributed by atoms with E-state index in [1.807, 2.05) is 27.7 Å². The molecule has 0 aromatic heterocycles. The maximum absolute atomic E-state index is 11.0. The van der Waals surface area contributed by atoms with Crippen LogP contribution in [0.1, 0.15) is 34.1 Å². The molecule has 100 valence electrons. The van der Waals surface area contributed by atoms with Crippen LogP contribution in [-0.4, -0.2) is 35.5 Å². The fourth-order valence-corrected chi connectivity index (χ4v) is 2.73. The zero-order chi connectivity index (χ0) is 13.9. The van der Waals surface area contributed by atoms with Gasteiger partial charge in [0, 0.05) is 12.1 Å². The monoisotopic (exact) mass is 264 g/mol. The van der Waals surface area contributed by atoms with Crippen molar-refractivity contribution < 1.29 is 19.1 Å². The van der Waals surface area contributed by atoms with Crippen molar-refractivity contribution in [2.75, 3.05) is 6.54 Å². The smallest absolute Gasteiger partial charge is 0.360 e. The fraction of sp³-hybridized carbons (Fsp3) is 0.889. The third-order valence-electron chi connectivity index (χ3n) is 2.20. The quantitative estimate of drug-likeness (QED) is 0.406. The van der Waals surface area contributed by atoms with E-state index in [-0.39, 0.29) is 17.8 Å². The molecule has 0 aliphatic carbocycles. The molecule has 0 aliphatic rings. The van der Waals surface area contributed by atoms with Crippen LogP contribution in [0.5, 0.6) is 0 Å². The molecule has 0 saturated heterocycles. The molecular weight excluding hydrogens is 242 g/mol. The largest absolute Gasteiger partial charge is 0.400 e. The summed E-state index contributed by atoms with van der Waals surface area (Å²) in [6.07, 6.45) is 0.604. The number of hydrogen-bond donors (Lipinski definition) is 4. The minimum Gasteiger partial charge on any atom is -0.360 e. The lowest BCUT2D eigenvalue weighted by Gasteiger charge is -2.35. The summed E-state index contributed by atoms with van der Waals surface area (Å²) in [6, 6.07) is 0. The van der Waals surface area contributed by atoms with Gasteiger partial charge in [-0.3, -0.25) is 4.79 Å². The highest BCUT2D eigenvalue weighted by molar-refractivity contribution is 7.49. The molecule has 0 bridgehead atoms. The van der Waals surface area contributed by atoms with Crippen LogP contribution in [0.2, 0.25) is 0 Å². The molecule has 0 spiro atoms. The third kappa shape index (κ3) is 9.36. The molecule has 8 heteroatoms. The Bertz CT molecular complexity index is 327. The molecule has 0 heterocycles. The van der Waals surface area contributed by atoms with Crippen molar-refractivity contribution in [1.29, 1.82) is 0 Å². The lowest BCUT2D eigenvalue weighted by atomic mass is 9.80. The van der Waals surface area contributed by atoms with Crippen LogP contribution in [0.4, 0.5) is 4.79 Å². The average Bonchev–Trinajstić information content (AvgIpc) is 1.94. The topological polar surface area (TPSA) is 98.7 Å². The van der Waals surface area contributed by atoms with E-state index in [0.29, 0.717) is 6.42 Å². The van der Waals surface area contributed by atoms with Crippen molar-refractivity contribution in [3.8, 4) is 0 Å². The van der Waals surface area contributed by atoms with Crippen molar-refractivity contribution in [2.45, 2.75) is 39.7 Å². The van der Waals surface area contributed by atoms with Gasteiger partial charge in [0.1, 0.15) is 0 Å². The van der Waals surface area contributed by atoms with Gasteiger partial charge in [-0.2, -0.15) is 0 Å². The molecule has 1 amide bonds. The highest BCUT2D eigenvalue weighted by Gasteiger charge is 2.30. The van der Waals surface area contributed by atoms with E-state index in [1.54, 1.807) is 0 Å². The number of amides is 1. The number of rotatable bonds is 6. The Morgan fingerprint density at radius 1 is 1.29 bits per heavy atom. The van der Waals surface area contributed by atoms with Gasteiger partial charge in [0.05, 0.1) is 0 Å². The standard InChI is InChI=1S/C9H22BN2O4P/c1-8(2,6-11-17(14,15)16)5-9(3,4)12-7(10)13/h5-6,10H2,1-4H3,(H,12,13)(H3,11,14,15,16). The van der Waals surface area contributed by atoms with Crippen LogP contribution >= 0.6 is 7.75 Å². The summed E-state index contributed by atoms with van der Waals surface area (Å²) >= 11 is 0. The van der Waals surface area contributed by atoms with Crippen molar-refractivity contribution in [2.24, 2.45) is 5.41 Å². The van der Waals surface area contributed by atoms with Gasteiger partial charge in [-0.05, 0) is 25.7 Å². The van der Waals surface area contributed by atoms with Crippen LogP contribution in [0, 0.1) is 5.41 Å². The molecule has 0 radical (unpaired) electrons. The van der Waals surface area contributed by atoms with E-state index < -0.39 is 13.3 Å². The van der Waals surface area contributed by atoms with Crippen LogP contribution in [0.25, 0.3) is 0 Å². The summed E-state index contributed by atoms with van der Waals surface area (Å²) < 4.78 is 10.7. The van der Waals surface area contributed by atoms with Crippen molar-refractivity contribution >= 4 is 21.4 Å². The Balaban J connectivity index is 4.42. The molecule has 0 aromatic carbocycles. The second-order valence-electron chi connectivity index (χ2n) is 5.78. The fourth-order valence-electron chi connectivity index (χ4n) is 2.10. The molecule has 6 nitrogen and oxygen atoms in total. The highest BCUT2D eigenvalue weighted by atomic mass is 31.2. The van der Waals surface area contributed by atoms with E-state index in [0.717, 1.165) is 0 Å². The van der Waals surface area contributed by atoms with Gasteiger partial charge in [0.15, 0.2) is 5.81 Å². The number of nitrogens with one attached hydrogen (secondary N) is 2.